The Hall–Kier alpha value is -2.08. The highest BCUT2D eigenvalue weighted by Gasteiger charge is 2.20. The second kappa shape index (κ2) is 11.1. The molecule has 0 spiro atoms. The Morgan fingerprint density at radius 1 is 1.18 bits per heavy atom. The predicted molar refractivity (Wildman–Crippen MR) is 114 cm³/mol. The number of carbonyl (C=O) groups excluding carboxylic acids is 2. The van der Waals surface area contributed by atoms with Crippen LogP contribution in [-0.4, -0.2) is 54.0 Å². The number of anilines is 1. The van der Waals surface area contributed by atoms with E-state index in [1.807, 2.05) is 29.2 Å². The number of likely N-dealkylation sites (N-methyl/N-ethyl adjacent to an activating group) is 1. The number of amides is 3. The van der Waals surface area contributed by atoms with E-state index in [-0.39, 0.29) is 11.9 Å². The fraction of sp³-hybridized carbons (Fsp3) is 0.636. The molecule has 0 radical (unpaired) electrons. The summed E-state index contributed by atoms with van der Waals surface area (Å²) < 4.78 is 0. The first-order valence-corrected chi connectivity index (χ1v) is 10.6. The maximum absolute atomic E-state index is 12.3. The Bertz CT molecular complexity index is 626. The number of benzene rings is 1. The zero-order valence-electron chi connectivity index (χ0n) is 17.8. The van der Waals surface area contributed by atoms with Crippen LogP contribution in [0.1, 0.15) is 52.5 Å². The van der Waals surface area contributed by atoms with Crippen LogP contribution >= 0.6 is 0 Å². The molecule has 156 valence electrons. The molecule has 3 amide bonds. The molecule has 2 N–H and O–H groups in total. The molecule has 2 rings (SSSR count). The van der Waals surface area contributed by atoms with Crippen LogP contribution in [0.3, 0.4) is 0 Å². The third-order valence-corrected chi connectivity index (χ3v) is 5.33. The molecule has 1 unspecified atom stereocenters. The van der Waals surface area contributed by atoms with Crippen molar-refractivity contribution < 1.29 is 9.59 Å². The number of nitrogens with one attached hydrogen (secondary N) is 2. The molecule has 1 aromatic carbocycles. The summed E-state index contributed by atoms with van der Waals surface area (Å²) in [4.78, 5) is 28.3. The minimum atomic E-state index is -0.177. The van der Waals surface area contributed by atoms with Crippen molar-refractivity contribution in [2.45, 2.75) is 59.5 Å². The lowest BCUT2D eigenvalue weighted by atomic mass is 10.0. The highest BCUT2D eigenvalue weighted by atomic mass is 16.2. The van der Waals surface area contributed by atoms with E-state index in [0.29, 0.717) is 31.5 Å². The van der Waals surface area contributed by atoms with Gasteiger partial charge in [0.25, 0.3) is 0 Å². The summed E-state index contributed by atoms with van der Waals surface area (Å²) in [6.45, 7) is 12.8. The smallest absolute Gasteiger partial charge is 0.319 e. The standard InChI is InChI=1S/C22H36N4O2/c1-5-25(6-2)20(14-17(3)4)15-23-22(28)24-19-11-9-18(10-12-19)16-26-13-7-8-21(26)27/h9-12,17,20H,5-8,13-16H2,1-4H3,(H2,23,24,28). The van der Waals surface area contributed by atoms with Gasteiger partial charge in [-0.15, -0.1) is 0 Å². The normalized spacial score (nSPS) is 15.4. The minimum Gasteiger partial charge on any atom is -0.338 e. The highest BCUT2D eigenvalue weighted by molar-refractivity contribution is 5.89. The maximum atomic E-state index is 12.3. The first-order chi connectivity index (χ1) is 13.4. The lowest BCUT2D eigenvalue weighted by Crippen LogP contribution is -2.45. The van der Waals surface area contributed by atoms with Crippen LogP contribution in [0.5, 0.6) is 0 Å². The van der Waals surface area contributed by atoms with Crippen LogP contribution in [0.25, 0.3) is 0 Å². The van der Waals surface area contributed by atoms with Gasteiger partial charge in [-0.25, -0.2) is 4.79 Å². The highest BCUT2D eigenvalue weighted by Crippen LogP contribution is 2.16. The van der Waals surface area contributed by atoms with Gasteiger partial charge in [-0.1, -0.05) is 39.8 Å². The van der Waals surface area contributed by atoms with Crippen molar-refractivity contribution in [3.05, 3.63) is 29.8 Å². The Labute approximate surface area is 169 Å². The van der Waals surface area contributed by atoms with E-state index in [1.54, 1.807) is 0 Å². The average Bonchev–Trinajstić information content (AvgIpc) is 3.06. The van der Waals surface area contributed by atoms with Gasteiger partial charge in [-0.05, 0) is 49.5 Å². The van der Waals surface area contributed by atoms with E-state index in [4.69, 9.17) is 0 Å². The fourth-order valence-corrected chi connectivity index (χ4v) is 3.82. The van der Waals surface area contributed by atoms with Gasteiger partial charge < -0.3 is 15.5 Å². The zero-order valence-corrected chi connectivity index (χ0v) is 17.8. The van der Waals surface area contributed by atoms with Gasteiger partial charge >= 0.3 is 6.03 Å². The molecule has 1 fully saturated rings. The molecule has 1 aliphatic heterocycles. The largest absolute Gasteiger partial charge is 0.338 e. The third kappa shape index (κ3) is 6.82. The van der Waals surface area contributed by atoms with Crippen LogP contribution in [0, 0.1) is 5.92 Å². The molecule has 0 aromatic heterocycles. The van der Waals surface area contributed by atoms with Gasteiger partial charge in [0.05, 0.1) is 0 Å². The van der Waals surface area contributed by atoms with Crippen molar-refractivity contribution in [1.82, 2.24) is 15.1 Å². The molecule has 1 saturated heterocycles. The number of carbonyl (C=O) groups is 2. The monoisotopic (exact) mass is 388 g/mol. The number of hydrogen-bond acceptors (Lipinski definition) is 3. The summed E-state index contributed by atoms with van der Waals surface area (Å²) in [5.41, 5.74) is 1.84. The first-order valence-electron chi connectivity index (χ1n) is 10.6. The van der Waals surface area contributed by atoms with Crippen LogP contribution in [0.2, 0.25) is 0 Å². The summed E-state index contributed by atoms with van der Waals surface area (Å²) in [6, 6.07) is 7.90. The fourth-order valence-electron chi connectivity index (χ4n) is 3.82. The molecule has 0 saturated carbocycles. The second-order valence-corrected chi connectivity index (χ2v) is 7.96. The van der Waals surface area contributed by atoms with E-state index in [0.717, 1.165) is 43.7 Å². The van der Waals surface area contributed by atoms with E-state index in [9.17, 15) is 9.59 Å². The Morgan fingerprint density at radius 3 is 2.39 bits per heavy atom. The number of likely N-dealkylation sites (tertiary alicyclic amines) is 1. The van der Waals surface area contributed by atoms with Crippen molar-refractivity contribution in [1.29, 1.82) is 0 Å². The van der Waals surface area contributed by atoms with E-state index in [2.05, 4.69) is 43.2 Å². The average molecular weight is 389 g/mol. The molecule has 0 aliphatic carbocycles. The Balaban J connectivity index is 1.83. The Morgan fingerprint density at radius 2 is 1.86 bits per heavy atom. The van der Waals surface area contributed by atoms with Crippen LogP contribution in [0.4, 0.5) is 10.5 Å². The first kappa shape index (κ1) is 22.2. The molecular formula is C22H36N4O2. The van der Waals surface area contributed by atoms with Crippen molar-refractivity contribution in [3.63, 3.8) is 0 Å². The lowest BCUT2D eigenvalue weighted by molar-refractivity contribution is -0.128. The summed E-state index contributed by atoms with van der Waals surface area (Å²) in [6.07, 6.45) is 2.67. The quantitative estimate of drug-likeness (QED) is 0.642. The van der Waals surface area contributed by atoms with Crippen LogP contribution in [0.15, 0.2) is 24.3 Å². The molecular weight excluding hydrogens is 352 g/mol. The molecule has 0 bridgehead atoms. The molecule has 1 heterocycles. The van der Waals surface area contributed by atoms with Gasteiger partial charge in [-0.3, -0.25) is 9.69 Å². The second-order valence-electron chi connectivity index (χ2n) is 7.96. The number of hydrogen-bond donors (Lipinski definition) is 2. The topological polar surface area (TPSA) is 64.7 Å². The SMILES string of the molecule is CCN(CC)C(CNC(=O)Nc1ccc(CN2CCCC2=O)cc1)CC(C)C. The zero-order chi connectivity index (χ0) is 20.5. The van der Waals surface area contributed by atoms with Crippen molar-refractivity contribution in [3.8, 4) is 0 Å². The van der Waals surface area contributed by atoms with Gasteiger partial charge in [0.2, 0.25) is 5.91 Å². The van der Waals surface area contributed by atoms with Crippen LogP contribution in [-0.2, 0) is 11.3 Å². The molecule has 1 aromatic rings. The number of urea groups is 1. The predicted octanol–water partition coefficient (Wildman–Crippen LogP) is 3.69. The minimum absolute atomic E-state index is 0.177. The van der Waals surface area contributed by atoms with E-state index >= 15 is 0 Å². The van der Waals surface area contributed by atoms with Crippen molar-refractivity contribution in [2.24, 2.45) is 5.92 Å². The maximum Gasteiger partial charge on any atom is 0.319 e. The summed E-state index contributed by atoms with van der Waals surface area (Å²) in [5.74, 6) is 0.816. The van der Waals surface area contributed by atoms with Crippen molar-refractivity contribution in [2.75, 3.05) is 31.5 Å². The van der Waals surface area contributed by atoms with E-state index in [1.165, 1.54) is 0 Å². The van der Waals surface area contributed by atoms with Gasteiger partial charge in [0.1, 0.15) is 0 Å². The molecule has 28 heavy (non-hydrogen) atoms. The Kier molecular flexibility index (Phi) is 8.77. The van der Waals surface area contributed by atoms with Crippen LogP contribution < -0.4 is 10.6 Å². The van der Waals surface area contributed by atoms with E-state index < -0.39 is 0 Å². The van der Waals surface area contributed by atoms with Crippen molar-refractivity contribution >= 4 is 17.6 Å². The third-order valence-electron chi connectivity index (χ3n) is 5.33. The molecule has 1 atom stereocenters. The number of rotatable bonds is 10. The summed E-state index contributed by atoms with van der Waals surface area (Å²) in [5, 5.41) is 5.93. The van der Waals surface area contributed by atoms with Gasteiger partial charge in [0.15, 0.2) is 0 Å². The molecule has 6 nitrogen and oxygen atoms in total. The van der Waals surface area contributed by atoms with Gasteiger partial charge in [0, 0.05) is 37.8 Å². The summed E-state index contributed by atoms with van der Waals surface area (Å²) in [7, 11) is 0. The number of nitrogens with zero attached hydrogens (tertiary/aromatic N) is 2. The molecule has 1 aliphatic rings. The molecule has 6 heteroatoms. The van der Waals surface area contributed by atoms with Gasteiger partial charge in [-0.2, -0.15) is 0 Å². The summed E-state index contributed by atoms with van der Waals surface area (Å²) >= 11 is 0. The lowest BCUT2D eigenvalue weighted by Gasteiger charge is -2.31.